The molecule has 0 unspecified atom stereocenters. The van der Waals surface area contributed by atoms with Gasteiger partial charge in [-0.15, -0.1) is 0 Å². The topological polar surface area (TPSA) is 53.6 Å². The second kappa shape index (κ2) is 9.21. The number of hydrogen-bond acceptors (Lipinski definition) is 3. The van der Waals surface area contributed by atoms with E-state index in [1.54, 1.807) is 30.0 Å². The molecule has 0 radical (unpaired) electrons. The Labute approximate surface area is 179 Å². The second-order valence-corrected chi connectivity index (χ2v) is 7.20. The predicted octanol–water partition coefficient (Wildman–Crippen LogP) is 4.76. The summed E-state index contributed by atoms with van der Waals surface area (Å²) >= 11 is 5.46. The number of nitrogens with one attached hydrogen (secondary N) is 2. The van der Waals surface area contributed by atoms with Gasteiger partial charge in [-0.05, 0) is 50.7 Å². The van der Waals surface area contributed by atoms with Crippen LogP contribution in [0.5, 0.6) is 5.75 Å². The predicted molar refractivity (Wildman–Crippen MR) is 116 cm³/mol. The van der Waals surface area contributed by atoms with E-state index in [0.717, 1.165) is 5.56 Å². The smallest absolute Gasteiger partial charge is 0.387 e. The molecule has 0 aliphatic carbocycles. The van der Waals surface area contributed by atoms with E-state index in [9.17, 15) is 13.6 Å². The van der Waals surface area contributed by atoms with Crippen LogP contribution in [-0.4, -0.2) is 29.1 Å². The molecule has 1 amide bonds. The van der Waals surface area contributed by atoms with Gasteiger partial charge >= 0.3 is 6.61 Å². The van der Waals surface area contributed by atoms with E-state index in [2.05, 4.69) is 10.6 Å². The van der Waals surface area contributed by atoms with Gasteiger partial charge in [-0.3, -0.25) is 4.79 Å². The molecule has 8 heteroatoms. The maximum atomic E-state index is 13.3. The number of nitrogens with zero attached hydrogens (tertiary/aromatic N) is 1. The summed E-state index contributed by atoms with van der Waals surface area (Å²) in [6, 6.07) is 13.1. The van der Waals surface area contributed by atoms with Gasteiger partial charge in [0.1, 0.15) is 5.75 Å². The maximum absolute atomic E-state index is 13.3. The van der Waals surface area contributed by atoms with Crippen molar-refractivity contribution in [2.24, 2.45) is 0 Å². The number of amides is 1. The number of para-hydroxylation sites is 2. The van der Waals surface area contributed by atoms with Crippen LogP contribution in [0.4, 0.5) is 14.5 Å². The highest BCUT2D eigenvalue weighted by Gasteiger charge is 2.35. The number of thiocarbonyl (C=S) groups is 1. The molecule has 5 nitrogen and oxygen atoms in total. The van der Waals surface area contributed by atoms with E-state index in [4.69, 9.17) is 17.0 Å². The molecule has 1 heterocycles. The molecule has 0 bridgehead atoms. The number of carbonyl (C=O) groups is 1. The summed E-state index contributed by atoms with van der Waals surface area (Å²) in [6.45, 7) is 3.19. The first-order valence-electron chi connectivity index (χ1n) is 9.53. The lowest BCUT2D eigenvalue weighted by Crippen LogP contribution is -2.48. The zero-order valence-electron chi connectivity index (χ0n) is 16.9. The number of aryl methyl sites for hydroxylation is 1. The van der Waals surface area contributed by atoms with Gasteiger partial charge in [-0.1, -0.05) is 36.4 Å². The fourth-order valence-corrected chi connectivity index (χ4v) is 3.90. The molecule has 1 atom stereocenters. The summed E-state index contributed by atoms with van der Waals surface area (Å²) in [5.41, 5.74) is 3.04. The minimum atomic E-state index is -2.98. The van der Waals surface area contributed by atoms with Gasteiger partial charge in [0.2, 0.25) is 0 Å². The van der Waals surface area contributed by atoms with Gasteiger partial charge in [0.25, 0.3) is 5.91 Å². The minimum Gasteiger partial charge on any atom is -0.434 e. The summed E-state index contributed by atoms with van der Waals surface area (Å²) in [6.07, 6.45) is 0. The molecule has 158 valence electrons. The standard InChI is InChI=1S/C22H23F2N3O2S/c1-4-27-14(3)18(20(28)25-16-11-7-5-9-13(16)2)19(26-22(27)30)15-10-6-8-12-17(15)29-21(23)24/h5-12,19,21H,4H2,1-3H3,(H,25,28)(H,26,30)/t19-/m1/s1. The van der Waals surface area contributed by atoms with Crippen molar-refractivity contribution in [3.05, 3.63) is 70.9 Å². The molecule has 2 aromatic rings. The monoisotopic (exact) mass is 431 g/mol. The van der Waals surface area contributed by atoms with Crippen molar-refractivity contribution < 1.29 is 18.3 Å². The normalized spacial score (nSPS) is 16.5. The van der Waals surface area contributed by atoms with Gasteiger partial charge in [-0.2, -0.15) is 8.78 Å². The molecule has 1 aliphatic heterocycles. The lowest BCUT2D eigenvalue weighted by molar-refractivity contribution is -0.113. The lowest BCUT2D eigenvalue weighted by Gasteiger charge is -2.37. The third-order valence-electron chi connectivity index (χ3n) is 5.00. The van der Waals surface area contributed by atoms with Crippen LogP contribution in [0.1, 0.15) is 31.0 Å². The van der Waals surface area contributed by atoms with E-state index in [-0.39, 0.29) is 11.7 Å². The summed E-state index contributed by atoms with van der Waals surface area (Å²) in [5, 5.41) is 6.47. The highest BCUT2D eigenvalue weighted by Crippen LogP contribution is 2.36. The number of carbonyl (C=O) groups excluding carboxylic acids is 1. The number of rotatable bonds is 6. The number of halogens is 2. The molecule has 1 aliphatic rings. The maximum Gasteiger partial charge on any atom is 0.387 e. The molecule has 2 aromatic carbocycles. The van der Waals surface area contributed by atoms with Crippen LogP contribution in [0.25, 0.3) is 0 Å². The first-order chi connectivity index (χ1) is 14.3. The first-order valence-corrected chi connectivity index (χ1v) is 9.93. The summed E-state index contributed by atoms with van der Waals surface area (Å²) in [7, 11) is 0. The van der Waals surface area contributed by atoms with Crippen LogP contribution in [-0.2, 0) is 4.79 Å². The van der Waals surface area contributed by atoms with Crippen molar-refractivity contribution in [3.8, 4) is 5.75 Å². The Morgan fingerprint density at radius 2 is 1.87 bits per heavy atom. The van der Waals surface area contributed by atoms with Crippen molar-refractivity contribution in [2.75, 3.05) is 11.9 Å². The van der Waals surface area contributed by atoms with Gasteiger partial charge in [0, 0.05) is 23.5 Å². The number of anilines is 1. The fourth-order valence-electron chi connectivity index (χ4n) is 3.51. The molecule has 0 saturated heterocycles. The van der Waals surface area contributed by atoms with Gasteiger partial charge in [0.15, 0.2) is 5.11 Å². The average molecular weight is 432 g/mol. The van der Waals surface area contributed by atoms with E-state index in [1.807, 2.05) is 38.1 Å². The zero-order valence-corrected chi connectivity index (χ0v) is 17.7. The Hall–Kier alpha value is -3.00. The van der Waals surface area contributed by atoms with Crippen molar-refractivity contribution >= 4 is 28.9 Å². The zero-order chi connectivity index (χ0) is 21.8. The van der Waals surface area contributed by atoms with Crippen LogP contribution in [0.3, 0.4) is 0 Å². The van der Waals surface area contributed by atoms with Crippen LogP contribution >= 0.6 is 12.2 Å². The molecular weight excluding hydrogens is 408 g/mol. The molecule has 0 aromatic heterocycles. The van der Waals surface area contributed by atoms with E-state index in [0.29, 0.717) is 34.2 Å². The third kappa shape index (κ3) is 4.43. The Bertz CT molecular complexity index is 994. The first kappa shape index (κ1) is 21.7. The molecule has 30 heavy (non-hydrogen) atoms. The van der Waals surface area contributed by atoms with E-state index < -0.39 is 12.7 Å². The molecule has 3 rings (SSSR count). The summed E-state index contributed by atoms with van der Waals surface area (Å²) in [4.78, 5) is 15.1. The Morgan fingerprint density at radius 3 is 2.53 bits per heavy atom. The molecule has 0 fully saturated rings. The molecular formula is C22H23F2N3O2S. The summed E-state index contributed by atoms with van der Waals surface area (Å²) in [5.74, 6) is -0.348. The molecule has 2 N–H and O–H groups in total. The van der Waals surface area contributed by atoms with E-state index in [1.165, 1.54) is 6.07 Å². The van der Waals surface area contributed by atoms with Crippen LogP contribution in [0, 0.1) is 6.92 Å². The van der Waals surface area contributed by atoms with Gasteiger partial charge < -0.3 is 20.3 Å². The number of ether oxygens (including phenoxy) is 1. The van der Waals surface area contributed by atoms with Crippen molar-refractivity contribution in [1.29, 1.82) is 0 Å². The van der Waals surface area contributed by atoms with E-state index >= 15 is 0 Å². The summed E-state index contributed by atoms with van der Waals surface area (Å²) < 4.78 is 30.6. The number of benzene rings is 2. The third-order valence-corrected chi connectivity index (χ3v) is 5.33. The van der Waals surface area contributed by atoms with Gasteiger partial charge in [-0.25, -0.2) is 0 Å². The highest BCUT2D eigenvalue weighted by molar-refractivity contribution is 7.80. The Balaban J connectivity index is 2.08. The number of allylic oxidation sites excluding steroid dienone is 1. The number of hydrogen-bond donors (Lipinski definition) is 2. The number of alkyl halides is 2. The van der Waals surface area contributed by atoms with Crippen molar-refractivity contribution in [3.63, 3.8) is 0 Å². The van der Waals surface area contributed by atoms with Gasteiger partial charge in [0.05, 0.1) is 11.6 Å². The largest absolute Gasteiger partial charge is 0.434 e. The van der Waals surface area contributed by atoms with Crippen LogP contribution < -0.4 is 15.4 Å². The SMILES string of the molecule is CCN1C(=S)N[C@H](c2ccccc2OC(F)F)C(C(=O)Nc2ccccc2C)=C1C. The van der Waals surface area contributed by atoms with Crippen molar-refractivity contribution in [2.45, 2.75) is 33.4 Å². The second-order valence-electron chi connectivity index (χ2n) is 6.81. The van der Waals surface area contributed by atoms with Crippen LogP contribution in [0.15, 0.2) is 59.8 Å². The average Bonchev–Trinajstić information content (AvgIpc) is 2.69. The lowest BCUT2D eigenvalue weighted by atomic mass is 9.93. The Morgan fingerprint density at radius 1 is 1.20 bits per heavy atom. The van der Waals surface area contributed by atoms with Crippen LogP contribution in [0.2, 0.25) is 0 Å². The molecule has 0 spiro atoms. The fraction of sp³-hybridized carbons (Fsp3) is 0.273. The molecule has 0 saturated carbocycles. The quantitative estimate of drug-likeness (QED) is 0.646. The van der Waals surface area contributed by atoms with Crippen molar-refractivity contribution in [1.82, 2.24) is 10.2 Å². The minimum absolute atomic E-state index is 0.00765. The highest BCUT2D eigenvalue weighted by atomic mass is 32.1. The Kier molecular flexibility index (Phi) is 6.66.